The Labute approximate surface area is 205 Å². The first-order chi connectivity index (χ1) is 16.6. The fourth-order valence-electron chi connectivity index (χ4n) is 3.63. The van der Waals surface area contributed by atoms with Gasteiger partial charge in [-0.2, -0.15) is 0 Å². The van der Waals surface area contributed by atoms with Crippen LogP contribution in [-0.4, -0.2) is 43.4 Å². The van der Waals surface area contributed by atoms with E-state index in [1.54, 1.807) is 33.3 Å². The predicted molar refractivity (Wildman–Crippen MR) is 135 cm³/mol. The van der Waals surface area contributed by atoms with Crippen LogP contribution in [0, 0.1) is 0 Å². The maximum Gasteiger partial charge on any atom is 0.340 e. The molecule has 1 heterocycles. The minimum atomic E-state index is -0.546. The van der Waals surface area contributed by atoms with Crippen molar-refractivity contribution in [2.45, 2.75) is 39.7 Å². The molecule has 1 aromatic heterocycles. The molecular weight excluding hydrogens is 446 g/mol. The van der Waals surface area contributed by atoms with Crippen molar-refractivity contribution in [2.75, 3.05) is 20.8 Å². The molecule has 0 saturated heterocycles. The molecule has 0 aliphatic carbocycles. The number of nitrogens with zero attached hydrogens (tertiary/aromatic N) is 1. The Morgan fingerprint density at radius 2 is 1.69 bits per heavy atom. The number of pyridine rings is 1. The maximum absolute atomic E-state index is 12.6. The third-order valence-electron chi connectivity index (χ3n) is 5.11. The zero-order valence-electron chi connectivity index (χ0n) is 21.0. The first-order valence-electron chi connectivity index (χ1n) is 11.4. The minimum absolute atomic E-state index is 0.263. The Balaban J connectivity index is 1.98. The SMILES string of the molecule is CCOC(=O)c1cnc(Cc2cccc(/C=C/C(=O)OC(C)(C)C)c2)c2cc(OC)c(OC)cc12. The van der Waals surface area contributed by atoms with Crippen molar-refractivity contribution in [3.05, 3.63) is 71.1 Å². The van der Waals surface area contributed by atoms with Crippen LogP contribution in [0.2, 0.25) is 0 Å². The average Bonchev–Trinajstić information content (AvgIpc) is 2.81. The predicted octanol–water partition coefficient (Wildman–Crippen LogP) is 5.37. The van der Waals surface area contributed by atoms with E-state index in [-0.39, 0.29) is 6.61 Å². The number of aromatic nitrogens is 1. The molecule has 7 heteroatoms. The summed E-state index contributed by atoms with van der Waals surface area (Å²) in [6, 6.07) is 11.4. The van der Waals surface area contributed by atoms with E-state index in [1.165, 1.54) is 12.3 Å². The van der Waals surface area contributed by atoms with E-state index < -0.39 is 17.5 Å². The molecule has 0 aliphatic heterocycles. The second-order valence-electron chi connectivity index (χ2n) is 8.88. The van der Waals surface area contributed by atoms with E-state index in [1.807, 2.05) is 51.1 Å². The molecule has 0 radical (unpaired) electrons. The van der Waals surface area contributed by atoms with E-state index in [2.05, 4.69) is 4.98 Å². The van der Waals surface area contributed by atoms with Crippen LogP contribution in [0.15, 0.2) is 48.7 Å². The quantitative estimate of drug-likeness (QED) is 0.318. The van der Waals surface area contributed by atoms with Crippen molar-refractivity contribution in [2.24, 2.45) is 0 Å². The summed E-state index contributed by atoms with van der Waals surface area (Å²) in [4.78, 5) is 29.2. The van der Waals surface area contributed by atoms with Crippen LogP contribution in [0.25, 0.3) is 16.8 Å². The molecule has 0 aliphatic rings. The number of fused-ring (bicyclic) bond motifs is 1. The van der Waals surface area contributed by atoms with Crippen molar-refractivity contribution in [3.63, 3.8) is 0 Å². The molecular formula is C28H31NO6. The molecule has 0 saturated carbocycles. The van der Waals surface area contributed by atoms with Gasteiger partial charge in [0.15, 0.2) is 11.5 Å². The lowest BCUT2D eigenvalue weighted by molar-refractivity contribution is -0.148. The summed E-state index contributed by atoms with van der Waals surface area (Å²) in [7, 11) is 3.11. The maximum atomic E-state index is 12.6. The number of benzene rings is 2. The van der Waals surface area contributed by atoms with Gasteiger partial charge in [-0.05, 0) is 57.0 Å². The van der Waals surface area contributed by atoms with Gasteiger partial charge in [-0.3, -0.25) is 4.98 Å². The molecule has 2 aromatic carbocycles. The van der Waals surface area contributed by atoms with E-state index in [0.717, 1.165) is 22.2 Å². The smallest absolute Gasteiger partial charge is 0.340 e. The highest BCUT2D eigenvalue weighted by Gasteiger charge is 2.18. The molecule has 0 amide bonds. The van der Waals surface area contributed by atoms with Gasteiger partial charge in [0.1, 0.15) is 5.60 Å². The van der Waals surface area contributed by atoms with Gasteiger partial charge in [0.25, 0.3) is 0 Å². The van der Waals surface area contributed by atoms with E-state index in [0.29, 0.717) is 28.9 Å². The summed E-state index contributed by atoms with van der Waals surface area (Å²) < 4.78 is 21.5. The summed E-state index contributed by atoms with van der Waals surface area (Å²) in [6.45, 7) is 7.51. The summed E-state index contributed by atoms with van der Waals surface area (Å²) in [5.74, 6) is 0.208. The van der Waals surface area contributed by atoms with Crippen LogP contribution >= 0.6 is 0 Å². The number of rotatable bonds is 8. The summed E-state index contributed by atoms with van der Waals surface area (Å²) >= 11 is 0. The van der Waals surface area contributed by atoms with E-state index in [4.69, 9.17) is 18.9 Å². The van der Waals surface area contributed by atoms with Gasteiger partial charge in [-0.15, -0.1) is 0 Å². The number of esters is 2. The monoisotopic (exact) mass is 477 g/mol. The zero-order valence-corrected chi connectivity index (χ0v) is 21.0. The fraction of sp³-hybridized carbons (Fsp3) is 0.321. The highest BCUT2D eigenvalue weighted by Crippen LogP contribution is 2.35. The highest BCUT2D eigenvalue weighted by molar-refractivity contribution is 6.05. The lowest BCUT2D eigenvalue weighted by Gasteiger charge is -2.17. The molecule has 0 spiro atoms. The molecule has 3 rings (SSSR count). The molecule has 184 valence electrons. The first kappa shape index (κ1) is 25.7. The molecule has 0 fully saturated rings. The lowest BCUT2D eigenvalue weighted by Crippen LogP contribution is -2.22. The van der Waals surface area contributed by atoms with E-state index >= 15 is 0 Å². The summed E-state index contributed by atoms with van der Waals surface area (Å²) in [5, 5.41) is 1.44. The molecule has 3 aromatic rings. The van der Waals surface area contributed by atoms with Gasteiger partial charge in [0, 0.05) is 29.5 Å². The van der Waals surface area contributed by atoms with Crippen LogP contribution in [0.3, 0.4) is 0 Å². The Morgan fingerprint density at radius 3 is 2.31 bits per heavy atom. The number of carbonyl (C=O) groups is 2. The second kappa shape index (κ2) is 11.0. The van der Waals surface area contributed by atoms with Crippen molar-refractivity contribution >= 4 is 28.8 Å². The number of ether oxygens (including phenoxy) is 4. The number of methoxy groups -OCH3 is 2. The van der Waals surface area contributed by atoms with Crippen LogP contribution < -0.4 is 9.47 Å². The van der Waals surface area contributed by atoms with Crippen molar-refractivity contribution in [1.82, 2.24) is 4.98 Å². The number of hydrogen-bond acceptors (Lipinski definition) is 7. The Kier molecular flexibility index (Phi) is 8.12. The normalized spacial score (nSPS) is 11.5. The van der Waals surface area contributed by atoms with Gasteiger partial charge in [-0.25, -0.2) is 9.59 Å². The highest BCUT2D eigenvalue weighted by atomic mass is 16.6. The zero-order chi connectivity index (χ0) is 25.6. The van der Waals surface area contributed by atoms with Gasteiger partial charge >= 0.3 is 11.9 Å². The van der Waals surface area contributed by atoms with Crippen LogP contribution in [0.5, 0.6) is 11.5 Å². The third kappa shape index (κ3) is 6.59. The third-order valence-corrected chi connectivity index (χ3v) is 5.11. The molecule has 35 heavy (non-hydrogen) atoms. The topological polar surface area (TPSA) is 84.0 Å². The van der Waals surface area contributed by atoms with Gasteiger partial charge in [0.2, 0.25) is 0 Å². The summed E-state index contributed by atoms with van der Waals surface area (Å²) in [6.07, 6.45) is 5.18. The summed E-state index contributed by atoms with van der Waals surface area (Å²) in [5.41, 5.74) is 2.43. The minimum Gasteiger partial charge on any atom is -0.493 e. The molecule has 0 N–H and O–H groups in total. The molecule has 0 unspecified atom stereocenters. The fourth-order valence-corrected chi connectivity index (χ4v) is 3.63. The number of carbonyl (C=O) groups excluding carboxylic acids is 2. The van der Waals surface area contributed by atoms with Gasteiger partial charge in [0.05, 0.1) is 32.1 Å². The average molecular weight is 478 g/mol. The van der Waals surface area contributed by atoms with Crippen molar-refractivity contribution in [1.29, 1.82) is 0 Å². The molecule has 0 atom stereocenters. The van der Waals surface area contributed by atoms with Crippen molar-refractivity contribution < 1.29 is 28.5 Å². The van der Waals surface area contributed by atoms with Crippen LogP contribution in [0.4, 0.5) is 0 Å². The second-order valence-corrected chi connectivity index (χ2v) is 8.88. The Hall–Kier alpha value is -3.87. The Bertz CT molecular complexity index is 1260. The largest absolute Gasteiger partial charge is 0.493 e. The van der Waals surface area contributed by atoms with E-state index in [9.17, 15) is 9.59 Å². The van der Waals surface area contributed by atoms with Gasteiger partial charge in [-0.1, -0.05) is 24.3 Å². The van der Waals surface area contributed by atoms with Crippen LogP contribution in [-0.2, 0) is 20.7 Å². The lowest BCUT2D eigenvalue weighted by atomic mass is 9.99. The standard InChI is InChI=1S/C28H31NO6/c1-7-34-27(31)22-17-29-23(21-16-25(33-6)24(32-5)15-20(21)22)14-19-10-8-9-18(13-19)11-12-26(30)35-28(2,3)4/h8-13,15-17H,7,14H2,1-6H3/b12-11+. The number of hydrogen-bond donors (Lipinski definition) is 0. The van der Waals surface area contributed by atoms with Crippen LogP contribution in [0.1, 0.15) is 54.9 Å². The van der Waals surface area contributed by atoms with Crippen molar-refractivity contribution in [3.8, 4) is 11.5 Å². The first-order valence-corrected chi connectivity index (χ1v) is 11.4. The van der Waals surface area contributed by atoms with Gasteiger partial charge < -0.3 is 18.9 Å². The molecule has 7 nitrogen and oxygen atoms in total. The molecule has 0 bridgehead atoms. The Morgan fingerprint density at radius 1 is 1.00 bits per heavy atom.